The number of anilines is 6. The Morgan fingerprint density at radius 2 is 0.302 bits per heavy atom. The quantitative estimate of drug-likeness (QED) is 0.153. The number of nitrogens with zero attached hydrogens (tertiary/aromatic N) is 2. The average Bonchev–Trinajstić information content (AvgIpc) is 1.61. The number of rotatable bonds is 7. The summed E-state index contributed by atoms with van der Waals surface area (Å²) in [5, 5.41) is 35.4. The van der Waals surface area contributed by atoms with Crippen LogP contribution in [0.3, 0.4) is 0 Å². The minimum atomic E-state index is 0.427. The maximum Gasteiger partial charge on any atom is 0.136 e. The lowest BCUT2D eigenvalue weighted by molar-refractivity contribution is 0.664. The van der Waals surface area contributed by atoms with Crippen molar-refractivity contribution in [1.29, 1.82) is 0 Å². The van der Waals surface area contributed by atoms with Crippen molar-refractivity contribution >= 4 is 296 Å². The second-order valence-electron chi connectivity index (χ2n) is 35.2. The van der Waals surface area contributed by atoms with Crippen molar-refractivity contribution in [2.45, 2.75) is 19.8 Å². The SMILES string of the molecule is CC(C)c1ccc(N(c2ccc3cc4c(cc3c2)oc2cc3c(cc24)oc2cc4ccccc4cc23)c2ccc3cc4c(cc3c2)oc2cc3c(cc24)oc2cc4ccccc4cc23)cc1.c1ccc(N(c2ccc3cc4c(cc3c2)oc2cc3c(cc24)oc2cc4ccccc4cc23)c2ccc3cc4c(cc3c2)oc2cc3c(cc24)oc2cc4ccccc4cc23)cc1. The molecule has 0 bridgehead atoms. The van der Waals surface area contributed by atoms with Gasteiger partial charge in [-0.1, -0.05) is 166 Å². The van der Waals surface area contributed by atoms with Crippen LogP contribution in [-0.2, 0) is 0 Å². The summed E-state index contributed by atoms with van der Waals surface area (Å²) in [6.07, 6.45) is 0. The number of hydrogen-bond donors (Lipinski definition) is 0. The van der Waals surface area contributed by atoms with E-state index in [0.29, 0.717) is 5.92 Å². The minimum absolute atomic E-state index is 0.427. The number of furan rings is 8. The van der Waals surface area contributed by atoms with Crippen LogP contribution in [0.1, 0.15) is 25.3 Å². The topological polar surface area (TPSA) is 112 Å². The third-order valence-electron chi connectivity index (χ3n) is 27.4. The number of hydrogen-bond acceptors (Lipinski definition) is 10. The van der Waals surface area contributed by atoms with Gasteiger partial charge < -0.3 is 45.1 Å². The molecule has 0 fully saturated rings. The van der Waals surface area contributed by atoms with Gasteiger partial charge in [-0.15, -0.1) is 0 Å². The fraction of sp³-hybridized carbons (Fsp3) is 0.0252. The van der Waals surface area contributed by atoms with E-state index in [1.54, 1.807) is 0 Å². The van der Waals surface area contributed by atoms with Crippen molar-refractivity contribution in [2.24, 2.45) is 0 Å². The molecule has 602 valence electrons. The van der Waals surface area contributed by atoms with Crippen LogP contribution in [-0.4, -0.2) is 0 Å². The van der Waals surface area contributed by atoms with Gasteiger partial charge in [0.25, 0.3) is 0 Å². The maximum atomic E-state index is 6.67. The summed E-state index contributed by atoms with van der Waals surface area (Å²) in [4.78, 5) is 4.66. The van der Waals surface area contributed by atoms with E-state index in [2.05, 4.69) is 394 Å². The average molecular weight is 1650 g/mol. The lowest BCUT2D eigenvalue weighted by Crippen LogP contribution is -2.10. The molecule has 30 aromatic rings. The monoisotopic (exact) mass is 1650 g/mol. The Bertz CT molecular complexity index is 9640. The first-order valence-corrected chi connectivity index (χ1v) is 43.9. The van der Waals surface area contributed by atoms with Gasteiger partial charge in [-0.3, -0.25) is 0 Å². The van der Waals surface area contributed by atoms with Gasteiger partial charge in [0.1, 0.15) is 89.3 Å². The maximum absolute atomic E-state index is 6.67. The van der Waals surface area contributed by atoms with Crippen molar-refractivity contribution in [3.8, 4) is 0 Å². The van der Waals surface area contributed by atoms with Crippen molar-refractivity contribution < 1.29 is 35.3 Å². The van der Waals surface area contributed by atoms with E-state index < -0.39 is 0 Å². The van der Waals surface area contributed by atoms with E-state index in [1.165, 1.54) is 48.7 Å². The van der Waals surface area contributed by atoms with Gasteiger partial charge in [0, 0.05) is 120 Å². The van der Waals surface area contributed by atoms with Crippen LogP contribution < -0.4 is 9.80 Å². The van der Waals surface area contributed by atoms with E-state index in [4.69, 9.17) is 35.3 Å². The first-order chi connectivity index (χ1) is 63.5. The van der Waals surface area contributed by atoms with Gasteiger partial charge in [0.15, 0.2) is 0 Å². The van der Waals surface area contributed by atoms with Gasteiger partial charge >= 0.3 is 0 Å². The molecule has 0 spiro atoms. The molecule has 8 heterocycles. The molecule has 129 heavy (non-hydrogen) atoms. The van der Waals surface area contributed by atoms with Crippen LogP contribution in [0.2, 0.25) is 0 Å². The van der Waals surface area contributed by atoms with Gasteiger partial charge in [-0.25, -0.2) is 0 Å². The molecule has 0 saturated carbocycles. The Balaban J connectivity index is 0.000000128. The zero-order chi connectivity index (χ0) is 84.3. The highest BCUT2D eigenvalue weighted by Crippen LogP contribution is 2.49. The van der Waals surface area contributed by atoms with Crippen molar-refractivity contribution in [2.75, 3.05) is 9.80 Å². The molecule has 0 atom stereocenters. The van der Waals surface area contributed by atoms with Crippen molar-refractivity contribution in [3.63, 3.8) is 0 Å². The molecule has 22 aromatic carbocycles. The molecule has 0 amide bonds. The first kappa shape index (κ1) is 70.3. The molecule has 10 nitrogen and oxygen atoms in total. The molecule has 0 saturated heterocycles. The molecule has 10 heteroatoms. The molecule has 0 unspecified atom stereocenters. The second kappa shape index (κ2) is 26.3. The molecular formula is C119H68N2O8. The summed E-state index contributed by atoms with van der Waals surface area (Å²) in [7, 11) is 0. The zero-order valence-electron chi connectivity index (χ0n) is 69.5. The van der Waals surface area contributed by atoms with Crippen LogP contribution in [0.25, 0.3) is 262 Å². The van der Waals surface area contributed by atoms with Gasteiger partial charge in [-0.05, 0) is 316 Å². The van der Waals surface area contributed by atoms with E-state index >= 15 is 0 Å². The summed E-state index contributed by atoms with van der Waals surface area (Å²) in [6.45, 7) is 4.47. The van der Waals surface area contributed by atoms with E-state index in [9.17, 15) is 0 Å². The normalized spacial score (nSPS) is 12.5. The van der Waals surface area contributed by atoms with E-state index in [1.807, 2.05) is 0 Å². The Labute approximate surface area is 731 Å². The molecule has 30 rings (SSSR count). The van der Waals surface area contributed by atoms with Crippen molar-refractivity contribution in [1.82, 2.24) is 0 Å². The van der Waals surface area contributed by atoms with Crippen LogP contribution in [0.4, 0.5) is 34.1 Å². The highest BCUT2D eigenvalue weighted by Gasteiger charge is 2.25. The third-order valence-corrected chi connectivity index (χ3v) is 27.4. The van der Waals surface area contributed by atoms with E-state index in [0.717, 1.165) is 253 Å². The Kier molecular flexibility index (Phi) is 14.3. The van der Waals surface area contributed by atoms with Crippen LogP contribution in [0.5, 0.6) is 0 Å². The molecule has 0 N–H and O–H groups in total. The summed E-state index contributed by atoms with van der Waals surface area (Å²) < 4.78 is 52.4. The molecule has 0 aliphatic heterocycles. The van der Waals surface area contributed by atoms with Gasteiger partial charge in [-0.2, -0.15) is 0 Å². The molecule has 0 aliphatic rings. The lowest BCUT2D eigenvalue weighted by Gasteiger charge is -2.26. The predicted molar refractivity (Wildman–Crippen MR) is 535 cm³/mol. The minimum Gasteiger partial charge on any atom is -0.456 e. The zero-order valence-corrected chi connectivity index (χ0v) is 69.5. The van der Waals surface area contributed by atoms with Gasteiger partial charge in [0.2, 0.25) is 0 Å². The number of para-hydroxylation sites is 1. The molecular weight excluding hydrogens is 1590 g/mol. The van der Waals surface area contributed by atoms with Crippen LogP contribution in [0, 0.1) is 0 Å². The van der Waals surface area contributed by atoms with Crippen molar-refractivity contribution in [3.05, 3.63) is 376 Å². The Morgan fingerprint density at radius 3 is 0.519 bits per heavy atom. The smallest absolute Gasteiger partial charge is 0.136 e. The summed E-state index contributed by atoms with van der Waals surface area (Å²) in [5.41, 5.74) is 21.4. The summed E-state index contributed by atoms with van der Waals surface area (Å²) in [6, 6.07) is 132. The number of benzene rings is 22. The summed E-state index contributed by atoms with van der Waals surface area (Å²) >= 11 is 0. The molecule has 8 aromatic heterocycles. The number of fused-ring (bicyclic) bond motifs is 32. The fourth-order valence-electron chi connectivity index (χ4n) is 20.9. The summed E-state index contributed by atoms with van der Waals surface area (Å²) in [5.74, 6) is 0.427. The first-order valence-electron chi connectivity index (χ1n) is 43.9. The molecule has 0 aliphatic carbocycles. The Morgan fingerprint density at radius 1 is 0.140 bits per heavy atom. The fourth-order valence-corrected chi connectivity index (χ4v) is 20.9. The third kappa shape index (κ3) is 10.8. The second-order valence-corrected chi connectivity index (χ2v) is 35.2. The predicted octanol–water partition coefficient (Wildman–Crippen LogP) is 35.9. The van der Waals surface area contributed by atoms with Crippen LogP contribution in [0.15, 0.2) is 405 Å². The van der Waals surface area contributed by atoms with Crippen LogP contribution >= 0.6 is 0 Å². The van der Waals surface area contributed by atoms with E-state index in [-0.39, 0.29) is 0 Å². The highest BCUT2D eigenvalue weighted by atomic mass is 16.4. The molecule has 0 radical (unpaired) electrons. The highest BCUT2D eigenvalue weighted by molar-refractivity contribution is 6.24. The lowest BCUT2D eigenvalue weighted by atomic mass is 10.0. The Hall–Kier alpha value is -17.1. The largest absolute Gasteiger partial charge is 0.456 e. The standard InChI is InChI=1S/C61H37NO4.C58H31NO4/c1-33(2)34-11-15-43(16-12-34)62(44-17-13-39-23-48-52-31-58-50(29-60(52)65-56(48)27-41(39)19-44)46-21-35-7-3-5-9-37(35)25-54(46)63-58)45-18-14-40-24-49-53-32-59-51(30-61(53)66-57(49)28-42(40)20-45)47-22-36-8-4-6-10-38(36)26-55(47)64-59;1-2-12-40(13-3-1)59(41-16-14-36-22-45-49-30-55-47(28-57(49)62-53(45)26-38(36)18-41)43-20-32-8-4-6-10-34(32)24-51(43)60-55)42-17-15-37-23-46-50-31-56-48(29-58(50)63-54(46)27-39(37)19-42)44-21-33-9-5-7-11-35(33)25-52(44)61-56/h3-33H,1-2H3;1-31H. The van der Waals surface area contributed by atoms with Gasteiger partial charge in [0.05, 0.1) is 0 Å².